The molecule has 1 rings (SSSR count). The largest absolute Gasteiger partial charge is 0.467 e. The highest BCUT2D eigenvalue weighted by molar-refractivity contribution is 9.10. The van der Waals surface area contributed by atoms with Gasteiger partial charge >= 0.3 is 5.97 Å². The van der Waals surface area contributed by atoms with Crippen molar-refractivity contribution in [2.75, 3.05) is 7.11 Å². The third kappa shape index (κ3) is 4.31. The first-order chi connectivity index (χ1) is 8.99. The molecule has 1 N–H and O–H groups in total. The quantitative estimate of drug-likeness (QED) is 0.841. The maximum atomic E-state index is 12.1. The number of amides is 1. The predicted molar refractivity (Wildman–Crippen MR) is 74.7 cm³/mol. The second-order valence-corrected chi connectivity index (χ2v) is 5.17. The van der Waals surface area contributed by atoms with E-state index in [9.17, 15) is 9.59 Å². The van der Waals surface area contributed by atoms with Crippen LogP contribution >= 0.6 is 15.9 Å². The topological polar surface area (TPSA) is 68.3 Å². The number of carbonyl (C=O) groups is 2. The molecule has 104 valence electrons. The maximum absolute atomic E-state index is 12.1. The van der Waals surface area contributed by atoms with Crippen LogP contribution in [0.15, 0.2) is 22.9 Å². The first-order valence-electron chi connectivity index (χ1n) is 5.98. The van der Waals surface area contributed by atoms with E-state index in [1.807, 2.05) is 13.8 Å². The number of methoxy groups -OCH3 is 1. The van der Waals surface area contributed by atoms with Gasteiger partial charge in [0, 0.05) is 16.9 Å². The van der Waals surface area contributed by atoms with E-state index in [1.165, 1.54) is 13.3 Å². The molecular formula is C13H17BrN2O3. The Balaban J connectivity index is 2.84. The number of aromatic nitrogens is 1. The van der Waals surface area contributed by atoms with E-state index in [1.54, 1.807) is 12.3 Å². The van der Waals surface area contributed by atoms with Gasteiger partial charge in [0.15, 0.2) is 0 Å². The van der Waals surface area contributed by atoms with Gasteiger partial charge in [-0.3, -0.25) is 9.78 Å². The standard InChI is InChI=1S/C13H17BrN2O3/c1-4-8(2)11(13(18)19-3)16-12(17)9-5-10(14)7-15-6-9/h5-8,11H,4H2,1-3H3,(H,16,17)/t8-,11+/m1/s1. The summed E-state index contributed by atoms with van der Waals surface area (Å²) in [6.45, 7) is 3.84. The highest BCUT2D eigenvalue weighted by atomic mass is 79.9. The monoisotopic (exact) mass is 328 g/mol. The third-order valence-corrected chi connectivity index (χ3v) is 3.36. The maximum Gasteiger partial charge on any atom is 0.328 e. The van der Waals surface area contributed by atoms with Crippen molar-refractivity contribution in [3.05, 3.63) is 28.5 Å². The van der Waals surface area contributed by atoms with E-state index in [0.717, 1.165) is 6.42 Å². The molecular weight excluding hydrogens is 312 g/mol. The molecule has 0 saturated heterocycles. The van der Waals surface area contributed by atoms with Gasteiger partial charge in [-0.25, -0.2) is 4.79 Å². The van der Waals surface area contributed by atoms with Gasteiger partial charge in [-0.1, -0.05) is 20.3 Å². The number of nitrogens with zero attached hydrogens (tertiary/aromatic N) is 1. The van der Waals surface area contributed by atoms with E-state index < -0.39 is 12.0 Å². The van der Waals surface area contributed by atoms with Crippen LogP contribution in [0.1, 0.15) is 30.6 Å². The molecule has 1 heterocycles. The zero-order valence-electron chi connectivity index (χ0n) is 11.1. The van der Waals surface area contributed by atoms with E-state index in [0.29, 0.717) is 10.0 Å². The number of esters is 1. The zero-order chi connectivity index (χ0) is 14.4. The average Bonchev–Trinajstić information content (AvgIpc) is 2.42. The normalized spacial score (nSPS) is 13.5. The number of nitrogens with one attached hydrogen (secondary N) is 1. The minimum Gasteiger partial charge on any atom is -0.467 e. The summed E-state index contributed by atoms with van der Waals surface area (Å²) in [6.07, 6.45) is 3.80. The fourth-order valence-corrected chi connectivity index (χ4v) is 1.92. The Hall–Kier alpha value is -1.43. The van der Waals surface area contributed by atoms with Crippen LogP contribution in [0.2, 0.25) is 0 Å². The van der Waals surface area contributed by atoms with E-state index in [4.69, 9.17) is 4.74 Å². The number of pyridine rings is 1. The van der Waals surface area contributed by atoms with Crippen LogP contribution in [0.25, 0.3) is 0 Å². The number of halogens is 1. The smallest absolute Gasteiger partial charge is 0.328 e. The molecule has 0 fully saturated rings. The number of rotatable bonds is 5. The Morgan fingerprint density at radius 1 is 1.47 bits per heavy atom. The molecule has 0 bridgehead atoms. The van der Waals surface area contributed by atoms with Crippen molar-refractivity contribution < 1.29 is 14.3 Å². The summed E-state index contributed by atoms with van der Waals surface area (Å²) in [6, 6.07) is 0.995. The third-order valence-electron chi connectivity index (χ3n) is 2.92. The van der Waals surface area contributed by atoms with Crippen molar-refractivity contribution in [2.24, 2.45) is 5.92 Å². The summed E-state index contributed by atoms with van der Waals surface area (Å²) in [5.41, 5.74) is 0.395. The molecule has 0 saturated carbocycles. The van der Waals surface area contributed by atoms with Crippen molar-refractivity contribution in [1.29, 1.82) is 0 Å². The number of hydrogen-bond acceptors (Lipinski definition) is 4. The van der Waals surface area contributed by atoms with Crippen LogP contribution in [0, 0.1) is 5.92 Å². The molecule has 19 heavy (non-hydrogen) atoms. The Labute approximate surface area is 120 Å². The number of hydrogen-bond donors (Lipinski definition) is 1. The molecule has 0 aliphatic heterocycles. The molecule has 0 radical (unpaired) electrons. The zero-order valence-corrected chi connectivity index (χ0v) is 12.7. The molecule has 6 heteroatoms. The Morgan fingerprint density at radius 3 is 2.68 bits per heavy atom. The van der Waals surface area contributed by atoms with Gasteiger partial charge in [0.05, 0.1) is 12.7 Å². The van der Waals surface area contributed by atoms with Crippen LogP contribution in [-0.2, 0) is 9.53 Å². The van der Waals surface area contributed by atoms with Crippen molar-refractivity contribution in [3.63, 3.8) is 0 Å². The lowest BCUT2D eigenvalue weighted by atomic mass is 9.99. The molecule has 2 atom stereocenters. The van der Waals surface area contributed by atoms with Gasteiger partial charge < -0.3 is 10.1 Å². The van der Waals surface area contributed by atoms with Gasteiger partial charge in [0.2, 0.25) is 0 Å². The summed E-state index contributed by atoms with van der Waals surface area (Å²) < 4.78 is 5.42. The molecule has 0 spiro atoms. The first kappa shape index (κ1) is 15.6. The minimum atomic E-state index is -0.651. The molecule has 1 amide bonds. The summed E-state index contributed by atoms with van der Waals surface area (Å²) in [5, 5.41) is 2.69. The minimum absolute atomic E-state index is 0.00323. The number of ether oxygens (including phenoxy) is 1. The Kier molecular flexibility index (Phi) is 5.95. The van der Waals surface area contributed by atoms with Gasteiger partial charge in [-0.2, -0.15) is 0 Å². The van der Waals surface area contributed by atoms with Gasteiger partial charge in [-0.15, -0.1) is 0 Å². The molecule has 0 unspecified atom stereocenters. The van der Waals surface area contributed by atoms with Crippen LogP contribution in [0.5, 0.6) is 0 Å². The fourth-order valence-electron chi connectivity index (χ4n) is 1.56. The fraction of sp³-hybridized carbons (Fsp3) is 0.462. The predicted octanol–water partition coefficient (Wildman–Crippen LogP) is 2.16. The Morgan fingerprint density at radius 2 is 2.16 bits per heavy atom. The molecule has 1 aromatic heterocycles. The summed E-state index contributed by atoms with van der Waals surface area (Å²) in [4.78, 5) is 27.7. The van der Waals surface area contributed by atoms with Gasteiger partial charge in [0.25, 0.3) is 5.91 Å². The second-order valence-electron chi connectivity index (χ2n) is 4.25. The first-order valence-corrected chi connectivity index (χ1v) is 6.78. The van der Waals surface area contributed by atoms with Gasteiger partial charge in [0.1, 0.15) is 6.04 Å². The van der Waals surface area contributed by atoms with Crippen LogP contribution in [0.3, 0.4) is 0 Å². The SMILES string of the molecule is CC[C@@H](C)[C@H](NC(=O)c1cncc(Br)c1)C(=O)OC. The summed E-state index contributed by atoms with van der Waals surface area (Å²) in [7, 11) is 1.31. The Bertz CT molecular complexity index is 465. The van der Waals surface area contributed by atoms with Crippen LogP contribution in [-0.4, -0.2) is 30.0 Å². The number of carbonyl (C=O) groups excluding carboxylic acids is 2. The second kappa shape index (κ2) is 7.23. The van der Waals surface area contributed by atoms with E-state index >= 15 is 0 Å². The highest BCUT2D eigenvalue weighted by Gasteiger charge is 2.27. The van der Waals surface area contributed by atoms with Crippen LogP contribution in [0.4, 0.5) is 0 Å². The molecule has 1 aromatic rings. The van der Waals surface area contributed by atoms with E-state index in [2.05, 4.69) is 26.2 Å². The molecule has 5 nitrogen and oxygen atoms in total. The van der Waals surface area contributed by atoms with Gasteiger partial charge in [-0.05, 0) is 27.9 Å². The summed E-state index contributed by atoms with van der Waals surface area (Å²) >= 11 is 3.25. The van der Waals surface area contributed by atoms with Crippen LogP contribution < -0.4 is 5.32 Å². The highest BCUT2D eigenvalue weighted by Crippen LogP contribution is 2.12. The van der Waals surface area contributed by atoms with Crippen molar-refractivity contribution in [2.45, 2.75) is 26.3 Å². The molecule has 0 aliphatic carbocycles. The average molecular weight is 329 g/mol. The lowest BCUT2D eigenvalue weighted by molar-refractivity contribution is -0.144. The molecule has 0 aliphatic rings. The lowest BCUT2D eigenvalue weighted by Crippen LogP contribution is -2.45. The lowest BCUT2D eigenvalue weighted by Gasteiger charge is -2.21. The van der Waals surface area contributed by atoms with Crippen molar-refractivity contribution >= 4 is 27.8 Å². The van der Waals surface area contributed by atoms with Crippen molar-refractivity contribution in [1.82, 2.24) is 10.3 Å². The van der Waals surface area contributed by atoms with E-state index in [-0.39, 0.29) is 11.8 Å². The summed E-state index contributed by atoms with van der Waals surface area (Å²) in [5.74, 6) is -0.785. The molecule has 0 aromatic carbocycles. The van der Waals surface area contributed by atoms with Crippen molar-refractivity contribution in [3.8, 4) is 0 Å².